The molecule has 0 bridgehead atoms. The molecule has 0 radical (unpaired) electrons. The smallest absolute Gasteiger partial charge is 0.416 e. The van der Waals surface area contributed by atoms with E-state index >= 15 is 0 Å². The number of aliphatic imine (C=N–C) groups is 1. The predicted octanol–water partition coefficient (Wildman–Crippen LogP) is 5.76. The maximum absolute atomic E-state index is 13.1. The first-order chi connectivity index (χ1) is 16.8. The summed E-state index contributed by atoms with van der Waals surface area (Å²) in [6, 6.07) is 15.3. The lowest BCUT2D eigenvalue weighted by molar-refractivity contribution is -0.137. The SMILES string of the molecule is CCOc1cccc(C2CC(c3ccc4c(c3)OCO4)=NC(c3ccc(C(F)(F)F)cc3)N2)c1O. The summed E-state index contributed by atoms with van der Waals surface area (Å²) in [6.07, 6.45) is -4.63. The van der Waals surface area contributed by atoms with Gasteiger partial charge >= 0.3 is 6.18 Å². The van der Waals surface area contributed by atoms with Gasteiger partial charge in [0.05, 0.1) is 12.2 Å². The number of hydrogen-bond donors (Lipinski definition) is 2. The summed E-state index contributed by atoms with van der Waals surface area (Å²) in [4.78, 5) is 4.82. The van der Waals surface area contributed by atoms with E-state index < -0.39 is 17.9 Å². The number of hydrogen-bond acceptors (Lipinski definition) is 6. The highest BCUT2D eigenvalue weighted by Crippen LogP contribution is 2.40. The topological polar surface area (TPSA) is 72.3 Å². The number of halogens is 3. The third kappa shape index (κ3) is 4.64. The van der Waals surface area contributed by atoms with Gasteiger partial charge in [-0.15, -0.1) is 0 Å². The Bertz CT molecular complexity index is 1260. The van der Waals surface area contributed by atoms with Gasteiger partial charge in [-0.05, 0) is 54.4 Å². The molecule has 35 heavy (non-hydrogen) atoms. The molecule has 2 unspecified atom stereocenters. The third-order valence-electron chi connectivity index (χ3n) is 6.01. The maximum Gasteiger partial charge on any atom is 0.416 e. The minimum absolute atomic E-state index is 0.0185. The van der Waals surface area contributed by atoms with Crippen LogP contribution in [0.2, 0.25) is 0 Å². The van der Waals surface area contributed by atoms with E-state index in [4.69, 9.17) is 19.2 Å². The summed E-state index contributed by atoms with van der Waals surface area (Å²) in [6.45, 7) is 2.37. The van der Waals surface area contributed by atoms with Gasteiger partial charge in [0.15, 0.2) is 23.0 Å². The van der Waals surface area contributed by atoms with Crippen LogP contribution in [0.4, 0.5) is 13.2 Å². The Morgan fingerprint density at radius 1 is 1.06 bits per heavy atom. The van der Waals surface area contributed by atoms with Crippen molar-refractivity contribution in [2.24, 2.45) is 4.99 Å². The average Bonchev–Trinajstić information content (AvgIpc) is 3.33. The van der Waals surface area contributed by atoms with Crippen LogP contribution in [0.3, 0.4) is 0 Å². The Hall–Kier alpha value is -3.72. The van der Waals surface area contributed by atoms with Crippen LogP contribution in [0, 0.1) is 0 Å². The average molecular weight is 484 g/mol. The number of phenols is 1. The number of aromatic hydroxyl groups is 1. The van der Waals surface area contributed by atoms with Crippen LogP contribution in [0.25, 0.3) is 0 Å². The summed E-state index contributed by atoms with van der Waals surface area (Å²) in [5.74, 6) is 1.63. The number of ether oxygens (including phenoxy) is 3. The van der Waals surface area contributed by atoms with Gasteiger partial charge in [-0.25, -0.2) is 0 Å². The monoisotopic (exact) mass is 484 g/mol. The fourth-order valence-corrected chi connectivity index (χ4v) is 4.27. The molecule has 2 N–H and O–H groups in total. The van der Waals surface area contributed by atoms with Crippen molar-refractivity contribution in [3.63, 3.8) is 0 Å². The second-order valence-electron chi connectivity index (χ2n) is 8.22. The van der Waals surface area contributed by atoms with Crippen LogP contribution >= 0.6 is 0 Å². The van der Waals surface area contributed by atoms with Crippen LogP contribution in [0.15, 0.2) is 65.7 Å². The van der Waals surface area contributed by atoms with E-state index in [1.807, 2.05) is 19.1 Å². The van der Waals surface area contributed by atoms with Crippen LogP contribution in [0.5, 0.6) is 23.0 Å². The molecule has 2 aliphatic rings. The van der Waals surface area contributed by atoms with Gasteiger partial charge in [0.25, 0.3) is 0 Å². The number of para-hydroxylation sites is 1. The van der Waals surface area contributed by atoms with Gasteiger partial charge < -0.3 is 19.3 Å². The molecule has 0 amide bonds. The van der Waals surface area contributed by atoms with Crippen molar-refractivity contribution < 1.29 is 32.5 Å². The molecule has 6 nitrogen and oxygen atoms in total. The largest absolute Gasteiger partial charge is 0.504 e. The summed E-state index contributed by atoms with van der Waals surface area (Å²) >= 11 is 0. The Labute approximate surface area is 200 Å². The molecule has 0 spiro atoms. The lowest BCUT2D eigenvalue weighted by atomic mass is 9.93. The zero-order valence-electron chi connectivity index (χ0n) is 18.8. The van der Waals surface area contributed by atoms with Crippen molar-refractivity contribution in [1.29, 1.82) is 0 Å². The molecule has 0 fully saturated rings. The Balaban J connectivity index is 1.54. The maximum atomic E-state index is 13.1. The van der Waals surface area contributed by atoms with Gasteiger partial charge in [0.1, 0.15) is 6.17 Å². The summed E-state index contributed by atoms with van der Waals surface area (Å²) in [5, 5.41) is 14.2. The number of phenolic OH excluding ortho intramolecular Hbond substituents is 1. The summed E-state index contributed by atoms with van der Waals surface area (Å²) in [7, 11) is 0. The number of nitrogens with one attached hydrogen (secondary N) is 1. The van der Waals surface area contributed by atoms with E-state index in [1.165, 1.54) is 12.1 Å². The van der Waals surface area contributed by atoms with E-state index in [-0.39, 0.29) is 18.6 Å². The van der Waals surface area contributed by atoms with Crippen LogP contribution in [-0.4, -0.2) is 24.2 Å². The molecule has 182 valence electrons. The van der Waals surface area contributed by atoms with E-state index in [9.17, 15) is 18.3 Å². The van der Waals surface area contributed by atoms with Crippen LogP contribution < -0.4 is 19.5 Å². The molecule has 0 saturated heterocycles. The number of alkyl halides is 3. The fourth-order valence-electron chi connectivity index (χ4n) is 4.27. The molecule has 2 aliphatic heterocycles. The number of fused-ring (bicyclic) bond motifs is 1. The molecule has 2 atom stereocenters. The summed E-state index contributed by atoms with van der Waals surface area (Å²) in [5.41, 5.74) is 1.98. The molecule has 2 heterocycles. The van der Waals surface area contributed by atoms with Crippen molar-refractivity contribution >= 4 is 5.71 Å². The standard InChI is InChI=1S/C26H23F3N2O4/c1-2-33-22-5-3-4-18(24(22)32)20-13-19(16-8-11-21-23(12-16)35-14-34-21)30-25(31-20)15-6-9-17(10-7-15)26(27,28)29/h3-12,20,25,31-32H,2,13-14H2,1H3. The molecular weight excluding hydrogens is 461 g/mol. The second kappa shape index (κ2) is 9.14. The minimum atomic E-state index is -4.42. The molecule has 3 aromatic carbocycles. The minimum Gasteiger partial charge on any atom is -0.504 e. The van der Waals surface area contributed by atoms with Gasteiger partial charge in [-0.2, -0.15) is 13.2 Å². The number of rotatable bonds is 5. The Morgan fingerprint density at radius 2 is 1.83 bits per heavy atom. The van der Waals surface area contributed by atoms with E-state index in [2.05, 4.69) is 5.32 Å². The Morgan fingerprint density at radius 3 is 2.57 bits per heavy atom. The predicted molar refractivity (Wildman–Crippen MR) is 123 cm³/mol. The van der Waals surface area contributed by atoms with E-state index in [0.717, 1.165) is 23.4 Å². The highest BCUT2D eigenvalue weighted by molar-refractivity contribution is 6.02. The molecule has 0 aromatic heterocycles. The third-order valence-corrected chi connectivity index (χ3v) is 6.01. The van der Waals surface area contributed by atoms with Crippen molar-refractivity contribution in [1.82, 2.24) is 5.32 Å². The van der Waals surface area contributed by atoms with Crippen molar-refractivity contribution in [3.8, 4) is 23.0 Å². The van der Waals surface area contributed by atoms with Crippen LogP contribution in [0.1, 0.15) is 47.8 Å². The fraction of sp³-hybridized carbons (Fsp3) is 0.269. The van der Waals surface area contributed by atoms with Crippen molar-refractivity contribution in [2.75, 3.05) is 13.4 Å². The first-order valence-electron chi connectivity index (χ1n) is 11.2. The lowest BCUT2D eigenvalue weighted by Gasteiger charge is -2.31. The highest BCUT2D eigenvalue weighted by Gasteiger charge is 2.32. The normalized spacial score (nSPS) is 19.4. The molecule has 5 rings (SSSR count). The molecule has 0 saturated carbocycles. The first-order valence-corrected chi connectivity index (χ1v) is 11.2. The van der Waals surface area contributed by atoms with Gasteiger partial charge in [0, 0.05) is 23.7 Å². The molecule has 9 heteroatoms. The molecule has 3 aromatic rings. The van der Waals surface area contributed by atoms with Crippen molar-refractivity contribution in [2.45, 2.75) is 31.7 Å². The summed E-state index contributed by atoms with van der Waals surface area (Å²) < 4.78 is 55.7. The highest BCUT2D eigenvalue weighted by atomic mass is 19.4. The van der Waals surface area contributed by atoms with Gasteiger partial charge in [0.2, 0.25) is 6.79 Å². The van der Waals surface area contributed by atoms with E-state index in [1.54, 1.807) is 24.3 Å². The van der Waals surface area contributed by atoms with Gasteiger partial charge in [-0.1, -0.05) is 24.3 Å². The molecular formula is C26H23F3N2O4. The molecule has 0 aliphatic carbocycles. The zero-order valence-corrected chi connectivity index (χ0v) is 18.8. The zero-order chi connectivity index (χ0) is 24.6. The van der Waals surface area contributed by atoms with Crippen LogP contribution in [-0.2, 0) is 6.18 Å². The van der Waals surface area contributed by atoms with Crippen molar-refractivity contribution in [3.05, 3.63) is 82.9 Å². The van der Waals surface area contributed by atoms with Gasteiger partial charge in [-0.3, -0.25) is 10.3 Å². The lowest BCUT2D eigenvalue weighted by Crippen LogP contribution is -2.33. The van der Waals surface area contributed by atoms with E-state index in [0.29, 0.717) is 41.4 Å². The first kappa shape index (κ1) is 23.0. The second-order valence-corrected chi connectivity index (χ2v) is 8.22. The Kier molecular flexibility index (Phi) is 6.02. The number of benzene rings is 3. The quantitative estimate of drug-likeness (QED) is 0.482. The number of nitrogens with zero attached hydrogens (tertiary/aromatic N) is 1.